The average molecular weight is 265 g/mol. The molecule has 0 spiro atoms. The number of oxazole rings is 1. The standard InChI is InChI=1S/C13H19N3O3/c1-16(8-10(17)7-14)5-4-9-2-3-12-11(6-9)15-13(18)19-12/h2-3,6,10,17H,4-5,7-8,14H2,1H3,(H,15,18). The molecular formula is C13H19N3O3. The number of aromatic nitrogens is 1. The van der Waals surface area contributed by atoms with Gasteiger partial charge in [0.15, 0.2) is 5.58 Å². The zero-order chi connectivity index (χ0) is 13.8. The minimum Gasteiger partial charge on any atom is -0.408 e. The zero-order valence-electron chi connectivity index (χ0n) is 10.9. The van der Waals surface area contributed by atoms with Crippen molar-refractivity contribution in [2.75, 3.05) is 26.7 Å². The van der Waals surface area contributed by atoms with Gasteiger partial charge >= 0.3 is 5.76 Å². The van der Waals surface area contributed by atoms with Crippen molar-refractivity contribution in [1.82, 2.24) is 9.88 Å². The van der Waals surface area contributed by atoms with Crippen molar-refractivity contribution in [3.8, 4) is 0 Å². The minimum atomic E-state index is -0.488. The summed E-state index contributed by atoms with van der Waals surface area (Å²) in [5, 5.41) is 9.45. The van der Waals surface area contributed by atoms with E-state index in [1.165, 1.54) is 0 Å². The van der Waals surface area contributed by atoms with Crippen LogP contribution in [0.25, 0.3) is 11.1 Å². The molecule has 6 nitrogen and oxygen atoms in total. The Morgan fingerprint density at radius 2 is 2.32 bits per heavy atom. The fraction of sp³-hybridized carbons (Fsp3) is 0.462. The maximum atomic E-state index is 11.1. The van der Waals surface area contributed by atoms with Gasteiger partial charge in [-0.3, -0.25) is 4.98 Å². The van der Waals surface area contributed by atoms with Crippen LogP contribution in [-0.4, -0.2) is 47.8 Å². The van der Waals surface area contributed by atoms with Crippen molar-refractivity contribution in [2.24, 2.45) is 5.73 Å². The molecule has 0 saturated heterocycles. The Morgan fingerprint density at radius 3 is 3.05 bits per heavy atom. The van der Waals surface area contributed by atoms with Gasteiger partial charge in [-0.2, -0.15) is 0 Å². The van der Waals surface area contributed by atoms with Gasteiger partial charge in [0.2, 0.25) is 0 Å². The Kier molecular flexibility index (Phi) is 4.36. The normalized spacial score (nSPS) is 13.3. The molecule has 0 saturated carbocycles. The number of benzene rings is 1. The van der Waals surface area contributed by atoms with Gasteiger partial charge < -0.3 is 20.2 Å². The molecule has 2 rings (SSSR count). The van der Waals surface area contributed by atoms with E-state index in [4.69, 9.17) is 10.2 Å². The molecule has 2 aromatic rings. The molecule has 104 valence electrons. The summed E-state index contributed by atoms with van der Waals surface area (Å²) in [5.74, 6) is -0.435. The molecule has 1 unspecified atom stereocenters. The van der Waals surface area contributed by atoms with E-state index in [0.29, 0.717) is 17.6 Å². The lowest BCUT2D eigenvalue weighted by molar-refractivity contribution is 0.133. The lowest BCUT2D eigenvalue weighted by Crippen LogP contribution is -2.35. The van der Waals surface area contributed by atoms with Crippen LogP contribution in [0.5, 0.6) is 0 Å². The van der Waals surface area contributed by atoms with Crippen LogP contribution in [-0.2, 0) is 6.42 Å². The minimum absolute atomic E-state index is 0.270. The summed E-state index contributed by atoms with van der Waals surface area (Å²) in [7, 11) is 1.94. The third kappa shape index (κ3) is 3.66. The molecule has 1 heterocycles. The van der Waals surface area contributed by atoms with E-state index in [1.54, 1.807) is 6.07 Å². The molecule has 0 aliphatic carbocycles. The molecule has 0 aliphatic heterocycles. The SMILES string of the molecule is CN(CCc1ccc2oc(=O)[nH]c2c1)CC(O)CN. The van der Waals surface area contributed by atoms with Crippen molar-refractivity contribution in [1.29, 1.82) is 0 Å². The highest BCUT2D eigenvalue weighted by Gasteiger charge is 2.07. The summed E-state index contributed by atoms with van der Waals surface area (Å²) in [5.41, 5.74) is 7.77. The highest BCUT2D eigenvalue weighted by Crippen LogP contribution is 2.12. The summed E-state index contributed by atoms with van der Waals surface area (Å²) in [4.78, 5) is 15.7. The number of fused-ring (bicyclic) bond motifs is 1. The molecule has 0 aliphatic rings. The van der Waals surface area contributed by atoms with E-state index in [0.717, 1.165) is 18.5 Å². The van der Waals surface area contributed by atoms with Gasteiger partial charge in [-0.05, 0) is 31.2 Å². The van der Waals surface area contributed by atoms with Gasteiger partial charge in [0.05, 0.1) is 11.6 Å². The number of H-pyrrole nitrogens is 1. The van der Waals surface area contributed by atoms with Crippen molar-refractivity contribution in [2.45, 2.75) is 12.5 Å². The quantitative estimate of drug-likeness (QED) is 0.678. The van der Waals surface area contributed by atoms with Crippen LogP contribution in [0.1, 0.15) is 5.56 Å². The van der Waals surface area contributed by atoms with Crippen LogP contribution < -0.4 is 11.5 Å². The Hall–Kier alpha value is -1.63. The number of hydrogen-bond donors (Lipinski definition) is 3. The maximum Gasteiger partial charge on any atom is 0.417 e. The summed E-state index contributed by atoms with van der Waals surface area (Å²) < 4.78 is 4.95. The van der Waals surface area contributed by atoms with E-state index in [1.807, 2.05) is 24.1 Å². The predicted octanol–water partition coefficient (Wildman–Crippen LogP) is -0.0850. The molecular weight excluding hydrogens is 246 g/mol. The van der Waals surface area contributed by atoms with Crippen LogP contribution >= 0.6 is 0 Å². The highest BCUT2D eigenvalue weighted by atomic mass is 16.4. The van der Waals surface area contributed by atoms with Crippen LogP contribution in [0.4, 0.5) is 0 Å². The molecule has 6 heteroatoms. The van der Waals surface area contributed by atoms with E-state index < -0.39 is 11.9 Å². The Bertz CT molecular complexity index is 590. The molecule has 1 aromatic carbocycles. The molecule has 0 radical (unpaired) electrons. The second kappa shape index (κ2) is 6.01. The second-order valence-electron chi connectivity index (χ2n) is 4.75. The van der Waals surface area contributed by atoms with Crippen LogP contribution in [0.2, 0.25) is 0 Å². The first-order chi connectivity index (χ1) is 9.08. The Morgan fingerprint density at radius 1 is 1.53 bits per heavy atom. The molecule has 4 N–H and O–H groups in total. The molecule has 0 fully saturated rings. The summed E-state index contributed by atoms with van der Waals surface area (Å²) in [6, 6.07) is 5.64. The van der Waals surface area contributed by atoms with Gasteiger partial charge in [0.25, 0.3) is 0 Å². The monoisotopic (exact) mass is 265 g/mol. The molecule has 0 amide bonds. The van der Waals surface area contributed by atoms with Crippen molar-refractivity contribution >= 4 is 11.1 Å². The average Bonchev–Trinajstić information content (AvgIpc) is 2.75. The van der Waals surface area contributed by atoms with Gasteiger partial charge in [-0.15, -0.1) is 0 Å². The topological polar surface area (TPSA) is 95.5 Å². The van der Waals surface area contributed by atoms with Gasteiger partial charge in [-0.1, -0.05) is 6.07 Å². The number of likely N-dealkylation sites (N-methyl/N-ethyl adjacent to an activating group) is 1. The third-order valence-electron chi connectivity index (χ3n) is 3.06. The van der Waals surface area contributed by atoms with Gasteiger partial charge in [-0.25, -0.2) is 4.79 Å². The maximum absolute atomic E-state index is 11.1. The van der Waals surface area contributed by atoms with Gasteiger partial charge in [0, 0.05) is 19.6 Å². The van der Waals surface area contributed by atoms with Crippen LogP contribution in [0.15, 0.2) is 27.4 Å². The molecule has 19 heavy (non-hydrogen) atoms. The van der Waals surface area contributed by atoms with E-state index in [9.17, 15) is 9.90 Å². The summed E-state index contributed by atoms with van der Waals surface area (Å²) in [6.07, 6.45) is 0.342. The lowest BCUT2D eigenvalue weighted by Gasteiger charge is -2.19. The number of nitrogens with one attached hydrogen (secondary N) is 1. The smallest absolute Gasteiger partial charge is 0.408 e. The largest absolute Gasteiger partial charge is 0.417 e. The first-order valence-corrected chi connectivity index (χ1v) is 6.27. The lowest BCUT2D eigenvalue weighted by atomic mass is 10.1. The van der Waals surface area contributed by atoms with Gasteiger partial charge in [0.1, 0.15) is 0 Å². The molecule has 0 bridgehead atoms. The first kappa shape index (κ1) is 13.8. The summed E-state index contributed by atoms with van der Waals surface area (Å²) in [6.45, 7) is 1.64. The highest BCUT2D eigenvalue weighted by molar-refractivity contribution is 5.72. The fourth-order valence-electron chi connectivity index (χ4n) is 2.00. The number of aromatic amines is 1. The van der Waals surface area contributed by atoms with Crippen molar-refractivity contribution in [3.05, 3.63) is 34.3 Å². The van der Waals surface area contributed by atoms with Crippen LogP contribution in [0.3, 0.4) is 0 Å². The van der Waals surface area contributed by atoms with E-state index in [2.05, 4.69) is 4.98 Å². The number of nitrogens with zero attached hydrogens (tertiary/aromatic N) is 1. The number of hydrogen-bond acceptors (Lipinski definition) is 5. The Labute approximate surface area is 110 Å². The molecule has 1 aromatic heterocycles. The zero-order valence-corrected chi connectivity index (χ0v) is 10.9. The molecule has 1 atom stereocenters. The number of aliphatic hydroxyl groups excluding tert-OH is 1. The van der Waals surface area contributed by atoms with E-state index >= 15 is 0 Å². The number of rotatable bonds is 6. The van der Waals surface area contributed by atoms with E-state index in [-0.39, 0.29) is 6.54 Å². The van der Waals surface area contributed by atoms with Crippen LogP contribution in [0, 0.1) is 0 Å². The second-order valence-corrected chi connectivity index (χ2v) is 4.75. The first-order valence-electron chi connectivity index (χ1n) is 6.27. The fourth-order valence-corrected chi connectivity index (χ4v) is 2.00. The third-order valence-corrected chi connectivity index (χ3v) is 3.06. The summed E-state index contributed by atoms with van der Waals surface area (Å²) >= 11 is 0. The number of aliphatic hydroxyl groups is 1. The number of nitrogens with two attached hydrogens (primary N) is 1. The predicted molar refractivity (Wildman–Crippen MR) is 73.1 cm³/mol. The Balaban J connectivity index is 1.95. The van der Waals surface area contributed by atoms with Crippen molar-refractivity contribution in [3.63, 3.8) is 0 Å². The van der Waals surface area contributed by atoms with Crippen molar-refractivity contribution < 1.29 is 9.52 Å².